The molecule has 0 radical (unpaired) electrons. The molecule has 0 aliphatic carbocycles. The minimum atomic E-state index is -4.62. The second-order valence-electron chi connectivity index (χ2n) is 3.63. The van der Waals surface area contributed by atoms with Crippen LogP contribution < -0.4 is 5.32 Å². The SMILES string of the molecule is CNc1ncc(S(=O)(=O)N(C)CC(F)(F)F)cc1Cl. The highest BCUT2D eigenvalue weighted by Crippen LogP contribution is 2.25. The Morgan fingerprint density at radius 2 is 2.05 bits per heavy atom. The maximum absolute atomic E-state index is 12.2. The van der Waals surface area contributed by atoms with E-state index < -0.39 is 27.6 Å². The van der Waals surface area contributed by atoms with E-state index in [1.165, 1.54) is 7.05 Å². The van der Waals surface area contributed by atoms with Crippen LogP contribution >= 0.6 is 11.6 Å². The summed E-state index contributed by atoms with van der Waals surface area (Å²) < 4.78 is 60.5. The van der Waals surface area contributed by atoms with Gasteiger partial charge in [-0.3, -0.25) is 0 Å². The molecule has 0 amide bonds. The molecule has 1 aromatic rings. The first-order chi connectivity index (χ1) is 8.58. The first-order valence-electron chi connectivity index (χ1n) is 4.94. The third-order valence-electron chi connectivity index (χ3n) is 2.16. The van der Waals surface area contributed by atoms with Crippen LogP contribution in [0.2, 0.25) is 5.02 Å². The lowest BCUT2D eigenvalue weighted by Crippen LogP contribution is -2.35. The summed E-state index contributed by atoms with van der Waals surface area (Å²) in [5, 5.41) is 2.61. The van der Waals surface area contributed by atoms with Gasteiger partial charge in [-0.1, -0.05) is 11.6 Å². The molecule has 1 rings (SSSR count). The lowest BCUT2D eigenvalue weighted by Gasteiger charge is -2.18. The molecule has 0 unspecified atom stereocenters. The van der Waals surface area contributed by atoms with E-state index in [2.05, 4.69) is 10.3 Å². The molecular formula is C9H11ClF3N3O2S. The summed E-state index contributed by atoms with van der Waals surface area (Å²) >= 11 is 5.74. The molecule has 0 aromatic carbocycles. The molecule has 10 heteroatoms. The minimum Gasteiger partial charge on any atom is -0.372 e. The van der Waals surface area contributed by atoms with Crippen LogP contribution in [0.15, 0.2) is 17.2 Å². The van der Waals surface area contributed by atoms with E-state index in [1.807, 2.05) is 0 Å². The van der Waals surface area contributed by atoms with Crippen molar-refractivity contribution in [3.63, 3.8) is 0 Å². The molecule has 108 valence electrons. The Morgan fingerprint density at radius 3 is 2.47 bits per heavy atom. The average molecular weight is 318 g/mol. The van der Waals surface area contributed by atoms with Crippen molar-refractivity contribution in [2.75, 3.05) is 26.0 Å². The van der Waals surface area contributed by atoms with Gasteiger partial charge in [-0.2, -0.15) is 17.5 Å². The molecule has 0 aliphatic rings. The lowest BCUT2D eigenvalue weighted by atomic mass is 10.4. The standard InChI is InChI=1S/C9H11ClF3N3O2S/c1-14-8-7(10)3-6(4-15-8)19(17,18)16(2)5-9(11,12)13/h3-4H,5H2,1-2H3,(H,14,15). The summed E-state index contributed by atoms with van der Waals surface area (Å²) in [5.74, 6) is 0.235. The molecule has 0 aliphatic heterocycles. The van der Waals surface area contributed by atoms with Gasteiger partial charge in [0.05, 0.1) is 5.02 Å². The molecule has 5 nitrogen and oxygen atoms in total. The highest BCUT2D eigenvalue weighted by atomic mass is 35.5. The number of hydrogen-bond donors (Lipinski definition) is 1. The van der Waals surface area contributed by atoms with Gasteiger partial charge in [0.1, 0.15) is 17.3 Å². The molecule has 0 fully saturated rings. The largest absolute Gasteiger partial charge is 0.402 e. The monoisotopic (exact) mass is 317 g/mol. The lowest BCUT2D eigenvalue weighted by molar-refractivity contribution is -0.134. The summed E-state index contributed by atoms with van der Waals surface area (Å²) in [4.78, 5) is 3.31. The van der Waals surface area contributed by atoms with Crippen molar-refractivity contribution in [2.24, 2.45) is 0 Å². The van der Waals surface area contributed by atoms with Crippen molar-refractivity contribution in [3.05, 3.63) is 17.3 Å². The van der Waals surface area contributed by atoms with E-state index >= 15 is 0 Å². The molecule has 0 bridgehead atoms. The number of aromatic nitrogens is 1. The van der Waals surface area contributed by atoms with Crippen LogP contribution in [0.25, 0.3) is 0 Å². The maximum atomic E-state index is 12.2. The zero-order chi connectivity index (χ0) is 14.8. The van der Waals surface area contributed by atoms with Gasteiger partial charge in [-0.25, -0.2) is 13.4 Å². The third kappa shape index (κ3) is 3.95. The highest BCUT2D eigenvalue weighted by Gasteiger charge is 2.35. The van der Waals surface area contributed by atoms with Gasteiger partial charge in [-0.05, 0) is 6.07 Å². The summed E-state index contributed by atoms with van der Waals surface area (Å²) in [6.07, 6.45) is -3.68. The smallest absolute Gasteiger partial charge is 0.372 e. The molecule has 19 heavy (non-hydrogen) atoms. The van der Waals surface area contributed by atoms with Gasteiger partial charge in [0.25, 0.3) is 0 Å². The molecular weight excluding hydrogens is 307 g/mol. The Morgan fingerprint density at radius 1 is 1.47 bits per heavy atom. The Balaban J connectivity index is 3.10. The molecule has 0 atom stereocenters. The topological polar surface area (TPSA) is 62.3 Å². The molecule has 0 saturated carbocycles. The molecule has 0 spiro atoms. The summed E-state index contributed by atoms with van der Waals surface area (Å²) in [5.41, 5.74) is 0. The second-order valence-corrected chi connectivity index (χ2v) is 6.08. The number of rotatable bonds is 4. The van der Waals surface area contributed by atoms with Crippen LogP contribution in [0, 0.1) is 0 Å². The van der Waals surface area contributed by atoms with E-state index in [1.54, 1.807) is 0 Å². The molecule has 1 heterocycles. The quantitative estimate of drug-likeness (QED) is 0.922. The highest BCUT2D eigenvalue weighted by molar-refractivity contribution is 7.89. The van der Waals surface area contributed by atoms with E-state index in [0.717, 1.165) is 19.3 Å². The van der Waals surface area contributed by atoms with Gasteiger partial charge in [-0.15, -0.1) is 0 Å². The van der Waals surface area contributed by atoms with Gasteiger partial charge in [0.2, 0.25) is 10.0 Å². The van der Waals surface area contributed by atoms with Crippen LogP contribution in [0.5, 0.6) is 0 Å². The fourth-order valence-electron chi connectivity index (χ4n) is 1.26. The number of hydrogen-bond acceptors (Lipinski definition) is 4. The van der Waals surface area contributed by atoms with E-state index in [4.69, 9.17) is 11.6 Å². The Hall–Kier alpha value is -1.06. The first-order valence-corrected chi connectivity index (χ1v) is 6.76. The van der Waals surface area contributed by atoms with Crippen molar-refractivity contribution >= 4 is 27.4 Å². The molecule has 1 aromatic heterocycles. The predicted octanol–water partition coefficient (Wildman–Crippen LogP) is 1.96. The zero-order valence-electron chi connectivity index (χ0n) is 9.99. The zero-order valence-corrected chi connectivity index (χ0v) is 11.6. The Kier molecular flexibility index (Phi) is 4.64. The summed E-state index contributed by atoms with van der Waals surface area (Å²) in [7, 11) is -1.92. The van der Waals surface area contributed by atoms with Crippen LogP contribution in [0.1, 0.15) is 0 Å². The van der Waals surface area contributed by atoms with Gasteiger partial charge < -0.3 is 5.32 Å². The second kappa shape index (κ2) is 5.51. The van der Waals surface area contributed by atoms with E-state index in [9.17, 15) is 21.6 Å². The normalized spacial score (nSPS) is 12.8. The minimum absolute atomic E-state index is 0.00369. The van der Waals surface area contributed by atoms with Crippen LogP contribution in [0.4, 0.5) is 19.0 Å². The Labute approximate surface area is 113 Å². The number of halogens is 4. The number of alkyl halides is 3. The van der Waals surface area contributed by atoms with Gasteiger partial charge >= 0.3 is 6.18 Å². The number of sulfonamides is 1. The fourth-order valence-corrected chi connectivity index (χ4v) is 2.72. The van der Waals surface area contributed by atoms with Crippen LogP contribution in [0.3, 0.4) is 0 Å². The van der Waals surface area contributed by atoms with Crippen molar-refractivity contribution in [3.8, 4) is 0 Å². The van der Waals surface area contributed by atoms with Gasteiger partial charge in [0, 0.05) is 20.3 Å². The van der Waals surface area contributed by atoms with Crippen LogP contribution in [-0.4, -0.2) is 44.5 Å². The van der Waals surface area contributed by atoms with Crippen LogP contribution in [-0.2, 0) is 10.0 Å². The molecule has 0 saturated heterocycles. The number of anilines is 1. The van der Waals surface area contributed by atoms with Crippen molar-refractivity contribution < 1.29 is 21.6 Å². The molecule has 1 N–H and O–H groups in total. The number of nitrogens with zero attached hydrogens (tertiary/aromatic N) is 2. The fraction of sp³-hybridized carbons (Fsp3) is 0.444. The van der Waals surface area contributed by atoms with Crippen molar-refractivity contribution in [1.29, 1.82) is 0 Å². The summed E-state index contributed by atoms with van der Waals surface area (Å²) in [6.45, 7) is -1.58. The van der Waals surface area contributed by atoms with Crippen molar-refractivity contribution in [2.45, 2.75) is 11.1 Å². The number of nitrogens with one attached hydrogen (secondary N) is 1. The average Bonchev–Trinajstić information content (AvgIpc) is 2.26. The van der Waals surface area contributed by atoms with E-state index in [-0.39, 0.29) is 15.1 Å². The van der Waals surface area contributed by atoms with Crippen molar-refractivity contribution in [1.82, 2.24) is 9.29 Å². The summed E-state index contributed by atoms with van der Waals surface area (Å²) in [6, 6.07) is 1.04. The predicted molar refractivity (Wildman–Crippen MR) is 64.7 cm³/mol. The Bertz CT molecular complexity index is 562. The van der Waals surface area contributed by atoms with E-state index in [0.29, 0.717) is 0 Å². The third-order valence-corrected chi connectivity index (χ3v) is 4.22. The maximum Gasteiger partial charge on any atom is 0.402 e. The first kappa shape index (κ1) is 16.0. The van der Waals surface area contributed by atoms with Gasteiger partial charge in [0.15, 0.2) is 0 Å². The number of pyridine rings is 1.